The quantitative estimate of drug-likeness (QED) is 0.0274. The Labute approximate surface area is 523 Å². The van der Waals surface area contributed by atoms with Crippen LogP contribution in [0, 0.1) is 0 Å². The lowest BCUT2D eigenvalue weighted by Gasteiger charge is -2.36. The van der Waals surface area contributed by atoms with Gasteiger partial charge in [-0.3, -0.25) is 9.59 Å². The highest BCUT2D eigenvalue weighted by atomic mass is 79.9. The van der Waals surface area contributed by atoms with E-state index in [4.69, 9.17) is 4.74 Å². The Hall–Kier alpha value is -9.10. The predicted octanol–water partition coefficient (Wildman–Crippen LogP) is 15.0. The zero-order valence-corrected chi connectivity index (χ0v) is 51.4. The van der Waals surface area contributed by atoms with Crippen LogP contribution in [0.15, 0.2) is 258 Å². The molecule has 1 aliphatic heterocycles. The number of methoxy groups -OCH3 is 1. The van der Waals surface area contributed by atoms with E-state index >= 15 is 0 Å². The molecule has 5 atom stereocenters. The van der Waals surface area contributed by atoms with Gasteiger partial charge in [0.15, 0.2) is 5.78 Å². The van der Waals surface area contributed by atoms with Gasteiger partial charge in [-0.1, -0.05) is 219 Å². The average molecular weight is 1240 g/mol. The van der Waals surface area contributed by atoms with E-state index in [0.29, 0.717) is 53.1 Å². The summed E-state index contributed by atoms with van der Waals surface area (Å²) in [4.78, 5) is 82.7. The molecule has 1 amide bonds. The first-order valence-corrected chi connectivity index (χ1v) is 30.5. The Bertz CT molecular complexity index is 3520. The molecule has 1 heterocycles. The van der Waals surface area contributed by atoms with Gasteiger partial charge in [0.05, 0.1) is 35.5 Å². The third kappa shape index (κ3) is 16.7. The summed E-state index contributed by atoms with van der Waals surface area (Å²) in [5.41, 5.74) is 7.63. The lowest BCUT2D eigenvalue weighted by atomic mass is 9.66. The topological polar surface area (TPSA) is 153 Å². The third-order valence-corrected chi connectivity index (χ3v) is 17.1. The third-order valence-electron chi connectivity index (χ3n) is 15.1. The van der Waals surface area contributed by atoms with E-state index < -0.39 is 22.8 Å². The number of hydrogen-bond donors (Lipinski definition) is 2. The second kappa shape index (κ2) is 33.6. The van der Waals surface area contributed by atoms with Gasteiger partial charge in [-0.25, -0.2) is 0 Å². The van der Waals surface area contributed by atoms with E-state index in [1.54, 1.807) is 24.9 Å². The normalized spacial score (nSPS) is 14.7. The second-order valence-corrected chi connectivity index (χ2v) is 23.1. The minimum Gasteiger partial charge on any atom is -0.497 e. The molecule has 0 saturated heterocycles. The van der Waals surface area contributed by atoms with Crippen LogP contribution < -0.4 is 15.4 Å². The number of carbonyl (C=O) groups is 7. The first-order valence-electron chi connectivity index (χ1n) is 28.8. The zero-order chi connectivity index (χ0) is 61.9. The van der Waals surface area contributed by atoms with Gasteiger partial charge in [0.1, 0.15) is 37.2 Å². The van der Waals surface area contributed by atoms with E-state index in [9.17, 15) is 33.6 Å². The van der Waals surface area contributed by atoms with Gasteiger partial charge in [-0.15, -0.1) is 11.8 Å². The number of Topliss-reactive ketones (excluding diaryl/α,β-unsaturated/α-hetero) is 1. The van der Waals surface area contributed by atoms with Gasteiger partial charge in [-0.05, 0) is 110 Å². The zero-order valence-electron chi connectivity index (χ0n) is 49.0. The molecule has 0 saturated carbocycles. The summed E-state index contributed by atoms with van der Waals surface area (Å²) in [6.07, 6.45) is 6.76. The number of thioether (sulfide) groups is 1. The number of aldehydes is 5. The summed E-state index contributed by atoms with van der Waals surface area (Å²) >= 11 is 5.46. The molecule has 0 fully saturated rings. The van der Waals surface area contributed by atoms with Gasteiger partial charge in [-0.2, -0.15) is 0 Å². The molecule has 442 valence electrons. The fourth-order valence-electron chi connectivity index (χ4n) is 10.9. The maximum atomic E-state index is 13.2. The molecule has 10 rings (SSSR count). The molecule has 9 aromatic rings. The summed E-state index contributed by atoms with van der Waals surface area (Å²) in [5.74, 6) is -0.306. The van der Waals surface area contributed by atoms with E-state index in [1.165, 1.54) is 4.90 Å². The standard InChI is InChI=1S/C28H27BrN2O4.C21H18O.C16H14O2.C10H12OS/c1-18(8-7-15-32)30-27(34)21-11-6-12-22(26(21)29)28(19-9-4-3-5-10-19)23-16-20(35-2)13-14-24(23)31-25(28)17-33;22-17-16-21(18-10-4-1-5-11-18,19-12-6-2-7-13-19)20-14-8-3-9-15-20;17-12-15(14-9-5-2-6-10-14)16(18)11-13-7-3-1-4-8-13;1-9(7-8-11)12-10-5-3-2-4-6-10/h3-6,9-18,25,31H,7-8H2,1-2H3,(H,30,34);1-15,17H,16H2;1-10,12,15H,11H2;2-6,8-9H,7H2,1H3. The Morgan fingerprint density at radius 3 is 1.66 bits per heavy atom. The summed E-state index contributed by atoms with van der Waals surface area (Å²) < 4.78 is 6.13. The highest BCUT2D eigenvalue weighted by Crippen LogP contribution is 2.53. The molecule has 0 spiro atoms. The number of ether oxygens (including phenoxy) is 1. The Kier molecular flexibility index (Phi) is 25.2. The molecular formula is C75H71BrN2O8S. The number of rotatable bonds is 23. The smallest absolute Gasteiger partial charge is 0.252 e. The first kappa shape index (κ1) is 65.4. The maximum absolute atomic E-state index is 13.2. The van der Waals surface area contributed by atoms with Crippen molar-refractivity contribution in [2.24, 2.45) is 0 Å². The lowest BCUT2D eigenvalue weighted by molar-refractivity contribution is -0.124. The number of amides is 1. The molecule has 0 bridgehead atoms. The summed E-state index contributed by atoms with van der Waals surface area (Å²) in [6, 6.07) is 79.8. The Balaban J connectivity index is 0.000000178. The van der Waals surface area contributed by atoms with Crippen LogP contribution in [-0.2, 0) is 46.0 Å². The predicted molar refractivity (Wildman–Crippen MR) is 352 cm³/mol. The van der Waals surface area contributed by atoms with Crippen molar-refractivity contribution in [2.75, 3.05) is 12.4 Å². The van der Waals surface area contributed by atoms with Crippen LogP contribution in [0.4, 0.5) is 5.69 Å². The maximum Gasteiger partial charge on any atom is 0.252 e. The number of fused-ring (bicyclic) bond motifs is 1. The van der Waals surface area contributed by atoms with Crippen LogP contribution >= 0.6 is 27.7 Å². The minimum absolute atomic E-state index is 0.0672. The van der Waals surface area contributed by atoms with Crippen LogP contribution in [0.25, 0.3) is 0 Å². The largest absolute Gasteiger partial charge is 0.497 e. The minimum atomic E-state index is -0.912. The molecule has 1 aliphatic rings. The van der Waals surface area contributed by atoms with E-state index in [0.717, 1.165) is 81.6 Å². The average Bonchev–Trinajstić information content (AvgIpc) is 1.64. The number of carbonyl (C=O) groups excluding carboxylic acids is 7. The van der Waals surface area contributed by atoms with Crippen molar-refractivity contribution in [3.05, 3.63) is 303 Å². The summed E-state index contributed by atoms with van der Waals surface area (Å²) in [6.45, 7) is 3.93. The molecule has 12 heteroatoms. The molecule has 10 nitrogen and oxygen atoms in total. The molecule has 0 aliphatic carbocycles. The fourth-order valence-corrected chi connectivity index (χ4v) is 12.6. The van der Waals surface area contributed by atoms with Crippen LogP contribution in [0.5, 0.6) is 5.75 Å². The van der Waals surface area contributed by atoms with E-state index in [-0.39, 0.29) is 17.7 Å². The molecule has 0 radical (unpaired) electrons. The first-order chi connectivity index (χ1) is 42.5. The molecule has 2 N–H and O–H groups in total. The van der Waals surface area contributed by atoms with Gasteiger partial charge in [0, 0.05) is 52.0 Å². The van der Waals surface area contributed by atoms with Gasteiger partial charge in [0.25, 0.3) is 5.91 Å². The summed E-state index contributed by atoms with van der Waals surface area (Å²) in [7, 11) is 1.61. The van der Waals surface area contributed by atoms with Crippen molar-refractivity contribution in [1.82, 2.24) is 5.32 Å². The molecular weight excluding hydrogens is 1170 g/mol. The Morgan fingerprint density at radius 1 is 0.621 bits per heavy atom. The van der Waals surface area contributed by atoms with Crippen LogP contribution in [0.1, 0.15) is 100 Å². The molecule has 87 heavy (non-hydrogen) atoms. The molecule has 0 aromatic heterocycles. The summed E-state index contributed by atoms with van der Waals surface area (Å²) in [5, 5.41) is 6.73. The number of halogens is 1. The Morgan fingerprint density at radius 2 is 1.15 bits per heavy atom. The number of benzene rings is 9. The SMILES string of the molecule is CC(CC=O)Sc1ccccc1.COc1ccc2c(c1)C(c1ccccc1)(c1cccc(C(=O)NC(C)CCC=O)c1Br)C(C=O)N2.O=CC(C(=O)Cc1ccccc1)c1ccccc1.O=CCC(c1ccccc1)(c1ccccc1)c1ccccc1. The van der Waals surface area contributed by atoms with Crippen molar-refractivity contribution in [2.45, 2.75) is 84.9 Å². The highest BCUT2D eigenvalue weighted by Gasteiger charge is 2.51. The van der Waals surface area contributed by atoms with Crippen molar-refractivity contribution >= 4 is 76.5 Å². The number of hydrogen-bond acceptors (Lipinski definition) is 10. The van der Waals surface area contributed by atoms with Crippen molar-refractivity contribution in [3.63, 3.8) is 0 Å². The van der Waals surface area contributed by atoms with Crippen molar-refractivity contribution in [3.8, 4) is 5.75 Å². The van der Waals surface area contributed by atoms with Crippen molar-refractivity contribution in [1.29, 1.82) is 0 Å². The van der Waals surface area contributed by atoms with Crippen LogP contribution in [0.3, 0.4) is 0 Å². The van der Waals surface area contributed by atoms with Crippen LogP contribution in [-0.4, -0.2) is 67.6 Å². The fraction of sp³-hybridized carbons (Fsp3) is 0.187. The lowest BCUT2D eigenvalue weighted by Crippen LogP contribution is -2.43. The van der Waals surface area contributed by atoms with Gasteiger partial charge in [0.2, 0.25) is 0 Å². The second-order valence-electron chi connectivity index (χ2n) is 20.8. The van der Waals surface area contributed by atoms with Gasteiger partial charge < -0.3 is 39.3 Å². The molecule has 9 aromatic carbocycles. The number of ketones is 1. The molecule has 5 unspecified atom stereocenters. The van der Waals surface area contributed by atoms with Crippen molar-refractivity contribution < 1.29 is 38.3 Å². The van der Waals surface area contributed by atoms with Gasteiger partial charge >= 0.3 is 0 Å². The van der Waals surface area contributed by atoms with Crippen LogP contribution in [0.2, 0.25) is 0 Å². The number of anilines is 1. The number of nitrogens with one attached hydrogen (secondary N) is 2. The van der Waals surface area contributed by atoms with E-state index in [2.05, 4.69) is 82.0 Å². The monoisotopic (exact) mass is 1240 g/mol. The van der Waals surface area contributed by atoms with E-state index in [1.807, 2.05) is 201 Å². The highest BCUT2D eigenvalue weighted by molar-refractivity contribution is 9.10.